The number of carbonyl (C=O) groups is 6. The van der Waals surface area contributed by atoms with E-state index < -0.39 is 23.9 Å². The number of phenolic OH excluding ortho intramolecular Hbond substituents is 2. The predicted molar refractivity (Wildman–Crippen MR) is 179 cm³/mol. The van der Waals surface area contributed by atoms with Crippen LogP contribution in [0, 0.1) is 13.8 Å². The molecule has 16 heteroatoms. The van der Waals surface area contributed by atoms with Crippen LogP contribution in [0.3, 0.4) is 0 Å². The van der Waals surface area contributed by atoms with Gasteiger partial charge in [-0.2, -0.15) is 0 Å². The number of halogens is 1. The number of nitrogens with one attached hydrogen (secondary N) is 1. The number of fused-ring (bicyclic) bond motifs is 1. The summed E-state index contributed by atoms with van der Waals surface area (Å²) in [5.41, 5.74) is 1.87. The second kappa shape index (κ2) is 16.8. The van der Waals surface area contributed by atoms with E-state index in [1.807, 2.05) is 0 Å². The molecule has 0 bridgehead atoms. The number of carboxylic acid groups (broad SMARTS) is 3. The van der Waals surface area contributed by atoms with Gasteiger partial charge in [-0.15, -0.1) is 0 Å². The Balaban J connectivity index is 0.000000217. The first-order valence-corrected chi connectivity index (χ1v) is 15.3. The van der Waals surface area contributed by atoms with Crippen molar-refractivity contribution in [3.8, 4) is 11.5 Å². The summed E-state index contributed by atoms with van der Waals surface area (Å²) in [5, 5.41) is 46.9. The number of aromatic carboxylic acids is 2. The van der Waals surface area contributed by atoms with Gasteiger partial charge in [0.15, 0.2) is 11.5 Å². The molecule has 2 amide bonds. The average molecular weight is 756 g/mol. The molecule has 2 heterocycles. The van der Waals surface area contributed by atoms with Gasteiger partial charge in [0.05, 0.1) is 36.4 Å². The number of imide groups is 1. The molecule has 0 saturated carbocycles. The third-order valence-corrected chi connectivity index (χ3v) is 7.35. The molecule has 1 aliphatic rings. The largest absolute Gasteiger partial charge is 0.504 e. The summed E-state index contributed by atoms with van der Waals surface area (Å²) in [6.45, 7) is 4.89. The van der Waals surface area contributed by atoms with Gasteiger partial charge in [0.1, 0.15) is 22.6 Å². The van der Waals surface area contributed by atoms with E-state index in [0.29, 0.717) is 22.4 Å². The molecule has 50 heavy (non-hydrogen) atoms. The second-order valence-corrected chi connectivity index (χ2v) is 11.2. The summed E-state index contributed by atoms with van der Waals surface area (Å²) >= 11 is 3.28. The van der Waals surface area contributed by atoms with Gasteiger partial charge < -0.3 is 40.0 Å². The molecule has 4 aromatic rings. The topological polar surface area (TPSA) is 241 Å². The van der Waals surface area contributed by atoms with E-state index >= 15 is 0 Å². The summed E-state index contributed by atoms with van der Waals surface area (Å²) in [6.07, 6.45) is -0.159. The van der Waals surface area contributed by atoms with Crippen molar-refractivity contribution in [3.63, 3.8) is 0 Å². The van der Waals surface area contributed by atoms with Crippen LogP contribution < -0.4 is 5.32 Å². The Labute approximate surface area is 292 Å². The minimum Gasteiger partial charge on any atom is -0.504 e. The molecule has 0 atom stereocenters. The van der Waals surface area contributed by atoms with Gasteiger partial charge in [-0.05, 0) is 80.9 Å². The van der Waals surface area contributed by atoms with Crippen LogP contribution in [0.15, 0.2) is 69.6 Å². The molecular weight excluding hydrogens is 724 g/mol. The van der Waals surface area contributed by atoms with E-state index in [9.17, 15) is 28.8 Å². The average Bonchev–Trinajstić information content (AvgIpc) is 3.48. The fourth-order valence-corrected chi connectivity index (χ4v) is 4.91. The molecule has 6 N–H and O–H groups in total. The molecule has 15 nitrogen and oxygen atoms in total. The van der Waals surface area contributed by atoms with Gasteiger partial charge in [0.2, 0.25) is 0 Å². The number of phenols is 2. The first-order chi connectivity index (χ1) is 23.5. The minimum absolute atomic E-state index is 0.00171. The summed E-state index contributed by atoms with van der Waals surface area (Å²) in [5.74, 6) is -4.61. The standard InChI is InChI=1S/C16H11BrN2O4.C10H12O5.C8H8O4/c17-10-3-6-12-13(7-10)15(21)19(14(12)20)8-18-11-4-1-9(2-5-11)16(22)23;1-4-14-10(13)8-6(3)15-5(2)7(8)9(11)12;9-6-2-1-5(3-7(6)10)4-8(11)12/h1-7,18H,8H2,(H,22,23);4H2,1-3H3,(H,11,12);1-3,9-10H,4H2,(H,11,12). The van der Waals surface area contributed by atoms with Crippen LogP contribution in [0.1, 0.15) is 75.8 Å². The van der Waals surface area contributed by atoms with Crippen LogP contribution >= 0.6 is 15.9 Å². The Morgan fingerprint density at radius 1 is 0.800 bits per heavy atom. The number of aromatic hydroxyl groups is 2. The van der Waals surface area contributed by atoms with Gasteiger partial charge in [0, 0.05) is 10.2 Å². The van der Waals surface area contributed by atoms with Crippen LogP contribution in [-0.4, -0.2) is 79.4 Å². The monoisotopic (exact) mass is 754 g/mol. The molecule has 3 aromatic carbocycles. The SMILES string of the molecule is CCOC(=O)c1c(C)oc(C)c1C(=O)O.O=C(O)Cc1ccc(O)c(O)c1.O=C(O)c1ccc(NCN2C(=O)c3ccc(Br)cc3C2=O)cc1. The molecule has 1 aromatic heterocycles. The number of carbonyl (C=O) groups excluding carboxylic acids is 3. The summed E-state index contributed by atoms with van der Waals surface area (Å²) in [6, 6.07) is 14.9. The van der Waals surface area contributed by atoms with Gasteiger partial charge in [-0.25, -0.2) is 14.4 Å². The van der Waals surface area contributed by atoms with Crippen LogP contribution in [0.5, 0.6) is 11.5 Å². The molecule has 262 valence electrons. The van der Waals surface area contributed by atoms with Crippen molar-refractivity contribution < 1.29 is 63.5 Å². The highest BCUT2D eigenvalue weighted by atomic mass is 79.9. The Hall–Kier alpha value is -6.16. The number of carboxylic acids is 3. The molecular formula is C34H31BrN2O13. The molecule has 5 rings (SSSR count). The number of esters is 1. The summed E-state index contributed by atoms with van der Waals surface area (Å²) in [4.78, 5) is 69.0. The van der Waals surface area contributed by atoms with E-state index in [2.05, 4.69) is 21.2 Å². The zero-order valence-corrected chi connectivity index (χ0v) is 28.3. The van der Waals surface area contributed by atoms with Gasteiger partial charge in [0.25, 0.3) is 11.8 Å². The van der Waals surface area contributed by atoms with Crippen LogP contribution in [0.25, 0.3) is 0 Å². The second-order valence-electron chi connectivity index (χ2n) is 10.3. The fraction of sp³-hybridized carbons (Fsp3) is 0.176. The molecule has 0 saturated heterocycles. The smallest absolute Gasteiger partial charge is 0.342 e. The number of amides is 2. The third-order valence-electron chi connectivity index (χ3n) is 6.85. The first kappa shape index (κ1) is 38.3. The molecule has 0 radical (unpaired) electrons. The van der Waals surface area contributed by atoms with Crippen molar-refractivity contribution in [2.75, 3.05) is 18.6 Å². The Morgan fingerprint density at radius 2 is 1.42 bits per heavy atom. The summed E-state index contributed by atoms with van der Waals surface area (Å²) < 4.78 is 10.6. The van der Waals surface area contributed by atoms with Crippen LogP contribution in [0.4, 0.5) is 5.69 Å². The number of aryl methyl sites for hydroxylation is 2. The normalized spacial score (nSPS) is 11.4. The van der Waals surface area contributed by atoms with Crippen molar-refractivity contribution in [2.24, 2.45) is 0 Å². The molecule has 0 fully saturated rings. The van der Waals surface area contributed by atoms with E-state index in [-0.39, 0.29) is 71.2 Å². The van der Waals surface area contributed by atoms with E-state index in [1.165, 1.54) is 44.2 Å². The molecule has 1 aliphatic heterocycles. The first-order valence-electron chi connectivity index (χ1n) is 14.5. The number of rotatable bonds is 9. The highest BCUT2D eigenvalue weighted by Crippen LogP contribution is 2.27. The molecule has 0 aliphatic carbocycles. The zero-order chi connectivity index (χ0) is 37.3. The highest BCUT2D eigenvalue weighted by molar-refractivity contribution is 9.10. The van der Waals surface area contributed by atoms with Gasteiger partial charge >= 0.3 is 23.9 Å². The maximum absolute atomic E-state index is 12.3. The number of aliphatic carboxylic acids is 1. The summed E-state index contributed by atoms with van der Waals surface area (Å²) in [7, 11) is 0. The van der Waals surface area contributed by atoms with Gasteiger partial charge in [-0.1, -0.05) is 22.0 Å². The maximum Gasteiger partial charge on any atom is 0.342 e. The molecule has 0 unspecified atom stereocenters. The number of hydrogen-bond acceptors (Lipinski definition) is 11. The number of furan rings is 1. The lowest BCUT2D eigenvalue weighted by Crippen LogP contribution is -2.34. The zero-order valence-electron chi connectivity index (χ0n) is 26.7. The predicted octanol–water partition coefficient (Wildman–Crippen LogP) is 5.31. The van der Waals surface area contributed by atoms with E-state index in [1.54, 1.807) is 37.3 Å². The lowest BCUT2D eigenvalue weighted by Gasteiger charge is -2.15. The van der Waals surface area contributed by atoms with Gasteiger partial charge in [-0.3, -0.25) is 19.3 Å². The minimum atomic E-state index is -1.19. The lowest BCUT2D eigenvalue weighted by molar-refractivity contribution is -0.136. The van der Waals surface area contributed by atoms with Crippen molar-refractivity contribution >= 4 is 57.3 Å². The Kier molecular flexibility index (Phi) is 12.9. The Morgan fingerprint density at radius 3 is 1.98 bits per heavy atom. The maximum atomic E-state index is 12.3. The lowest BCUT2D eigenvalue weighted by atomic mass is 10.1. The quantitative estimate of drug-likeness (QED) is 0.0721. The van der Waals surface area contributed by atoms with Crippen molar-refractivity contribution in [1.82, 2.24) is 4.90 Å². The van der Waals surface area contributed by atoms with E-state index in [4.69, 9.17) is 34.7 Å². The van der Waals surface area contributed by atoms with Crippen LogP contribution in [-0.2, 0) is 16.0 Å². The Bertz CT molecular complexity index is 1950. The van der Waals surface area contributed by atoms with Crippen molar-refractivity contribution in [1.29, 1.82) is 0 Å². The van der Waals surface area contributed by atoms with Crippen molar-refractivity contribution in [2.45, 2.75) is 27.2 Å². The van der Waals surface area contributed by atoms with Crippen LogP contribution in [0.2, 0.25) is 0 Å². The molecule has 0 spiro atoms. The highest BCUT2D eigenvalue weighted by Gasteiger charge is 2.35. The third kappa shape index (κ3) is 9.47. The number of nitrogens with zero attached hydrogens (tertiary/aromatic N) is 1. The number of ether oxygens (including phenoxy) is 1. The number of hydrogen-bond donors (Lipinski definition) is 6. The number of benzene rings is 3. The fourth-order valence-electron chi connectivity index (χ4n) is 4.55. The van der Waals surface area contributed by atoms with E-state index in [0.717, 1.165) is 9.37 Å². The van der Waals surface area contributed by atoms with Crippen molar-refractivity contribution in [3.05, 3.63) is 110 Å². The number of anilines is 1.